The number of rotatable bonds is 1. The first-order valence-electron chi connectivity index (χ1n) is 1.17. The Labute approximate surface area is 33.8 Å². The van der Waals surface area contributed by atoms with Gasteiger partial charge in [-0.2, -0.15) is 5.26 Å². The molecule has 0 atom stereocenters. The third-order valence-electron chi connectivity index (χ3n) is 0.208. The molecule has 0 aliphatic rings. The summed E-state index contributed by atoms with van der Waals surface area (Å²) in [4.78, 5) is 12.5. The molecule has 34 valence electrons. The lowest BCUT2D eigenvalue weighted by molar-refractivity contribution is -0.225. The summed E-state index contributed by atoms with van der Waals surface area (Å²) < 4.78 is 0. The molecule has 0 radical (unpaired) electrons. The Hall–Kier alpha value is -0.900. The highest BCUT2D eigenvalue weighted by Crippen LogP contribution is 1.58. The first kappa shape index (κ1) is 5.10. The lowest BCUT2D eigenvalue weighted by atomic mass is 10.8. The Morgan fingerprint density at radius 1 is 2.00 bits per heavy atom. The minimum atomic E-state index is -1.06. The van der Waals surface area contributed by atoms with Crippen LogP contribution in [0.3, 0.4) is 0 Å². The summed E-state index contributed by atoms with van der Waals surface area (Å²) in [5.74, 6) is -1.06. The molecule has 0 aromatic rings. The molecule has 4 heteroatoms. The normalized spacial score (nSPS) is 6.83. The van der Waals surface area contributed by atoms with Crippen molar-refractivity contribution in [3.05, 3.63) is 0 Å². The molecule has 0 aromatic carbocycles. The predicted octanol–water partition coefficient (Wildman–Crippen LogP) is -0.348. The quantitative estimate of drug-likeness (QED) is 0.262. The van der Waals surface area contributed by atoms with Crippen molar-refractivity contribution in [2.24, 2.45) is 0 Å². The van der Waals surface area contributed by atoms with Gasteiger partial charge in [0.1, 0.15) is 6.21 Å². The van der Waals surface area contributed by atoms with Gasteiger partial charge in [-0.1, -0.05) is 0 Å². The van der Waals surface area contributed by atoms with E-state index in [0.29, 0.717) is 6.21 Å². The summed E-state index contributed by atoms with van der Waals surface area (Å²) in [7, 11) is 0. The Balaban J connectivity index is 3.23. The topological polar surface area (TPSA) is 70.4 Å². The van der Waals surface area contributed by atoms with Gasteiger partial charge in [0.2, 0.25) is 0 Å². The molecule has 0 unspecified atom stereocenters. The largest absolute Gasteiger partial charge is 0.382 e. The van der Waals surface area contributed by atoms with Gasteiger partial charge in [0.05, 0.1) is 0 Å². The van der Waals surface area contributed by atoms with Crippen LogP contribution in [-0.2, 0) is 9.68 Å². The fourth-order valence-electron chi connectivity index (χ4n) is 0.0264. The minimum absolute atomic E-state index is 0.361. The molecular formula is C2H3NO3. The van der Waals surface area contributed by atoms with Crippen LogP contribution in [0, 0.1) is 5.41 Å². The second kappa shape index (κ2) is 2.34. The number of carbonyl (C=O) groups is 1. The lowest BCUT2D eigenvalue weighted by Crippen LogP contribution is -1.99. The molecular weight excluding hydrogens is 86.0 g/mol. The van der Waals surface area contributed by atoms with E-state index in [9.17, 15) is 4.79 Å². The fraction of sp³-hybridized carbons (Fsp3) is 0. The van der Waals surface area contributed by atoms with Gasteiger partial charge in [-0.05, 0) is 0 Å². The van der Waals surface area contributed by atoms with Crippen molar-refractivity contribution in [1.82, 2.24) is 0 Å². The number of hydrogen-bond acceptors (Lipinski definition) is 4. The van der Waals surface area contributed by atoms with Gasteiger partial charge in [-0.15, -0.1) is 0 Å². The molecule has 0 aliphatic carbocycles. The van der Waals surface area contributed by atoms with Crippen LogP contribution in [0.2, 0.25) is 0 Å². The van der Waals surface area contributed by atoms with Crippen LogP contribution in [0.4, 0.5) is 0 Å². The molecule has 0 amide bonds. The fourth-order valence-corrected chi connectivity index (χ4v) is 0.0264. The Bertz CT molecular complexity index is 69.2. The van der Waals surface area contributed by atoms with Crippen LogP contribution in [0.1, 0.15) is 0 Å². The van der Waals surface area contributed by atoms with E-state index in [0.717, 1.165) is 0 Å². The van der Waals surface area contributed by atoms with Crippen molar-refractivity contribution in [3.8, 4) is 0 Å². The van der Waals surface area contributed by atoms with Crippen molar-refractivity contribution in [3.63, 3.8) is 0 Å². The van der Waals surface area contributed by atoms with E-state index in [4.69, 9.17) is 10.7 Å². The monoisotopic (exact) mass is 89.0 g/mol. The van der Waals surface area contributed by atoms with E-state index in [1.165, 1.54) is 0 Å². The van der Waals surface area contributed by atoms with Gasteiger partial charge in [-0.3, -0.25) is 4.89 Å². The second-order valence-electron chi connectivity index (χ2n) is 0.555. The molecule has 0 saturated carbocycles. The molecule has 0 rings (SSSR count). The Morgan fingerprint density at radius 3 is 2.50 bits per heavy atom. The number of hydrogen-bond donors (Lipinski definition) is 2. The average Bonchev–Trinajstić information content (AvgIpc) is 1.65. The molecule has 0 fully saturated rings. The summed E-state index contributed by atoms with van der Waals surface area (Å²) in [6, 6.07) is 0. The molecule has 0 saturated heterocycles. The first-order chi connectivity index (χ1) is 2.81. The molecule has 0 bridgehead atoms. The summed E-state index contributed by atoms with van der Waals surface area (Å²) in [5, 5.41) is 13.4. The molecule has 4 nitrogen and oxygen atoms in total. The van der Waals surface area contributed by atoms with E-state index in [1.807, 2.05) is 0 Å². The van der Waals surface area contributed by atoms with E-state index in [1.54, 1.807) is 0 Å². The molecule has 2 N–H and O–H groups in total. The van der Waals surface area contributed by atoms with Gasteiger partial charge in [0.15, 0.2) is 0 Å². The third-order valence-corrected chi connectivity index (χ3v) is 0.208. The van der Waals surface area contributed by atoms with Crippen molar-refractivity contribution >= 4 is 12.2 Å². The highest BCUT2D eigenvalue weighted by atomic mass is 17.1. The van der Waals surface area contributed by atoms with Crippen LogP contribution < -0.4 is 0 Å². The summed E-state index contributed by atoms with van der Waals surface area (Å²) >= 11 is 0. The van der Waals surface area contributed by atoms with Crippen molar-refractivity contribution in [1.29, 1.82) is 5.41 Å². The smallest absolute Gasteiger partial charge is 0.301 e. The van der Waals surface area contributed by atoms with Crippen LogP contribution in [0.5, 0.6) is 0 Å². The summed E-state index contributed by atoms with van der Waals surface area (Å²) in [6.07, 6.45) is 0.361. The highest BCUT2D eigenvalue weighted by Gasteiger charge is 1.87. The van der Waals surface area contributed by atoms with Crippen LogP contribution in [0.15, 0.2) is 0 Å². The van der Waals surface area contributed by atoms with Crippen LogP contribution in [0.25, 0.3) is 0 Å². The van der Waals surface area contributed by atoms with Crippen molar-refractivity contribution in [2.45, 2.75) is 0 Å². The summed E-state index contributed by atoms with van der Waals surface area (Å²) in [5.41, 5.74) is 0. The van der Waals surface area contributed by atoms with E-state index < -0.39 is 5.97 Å². The van der Waals surface area contributed by atoms with Crippen LogP contribution in [-0.4, -0.2) is 17.4 Å². The SMILES string of the molecule is N=CC(=O)OO. The lowest BCUT2D eigenvalue weighted by Gasteiger charge is -1.77. The Kier molecular flexibility index (Phi) is 1.99. The maximum Gasteiger partial charge on any atom is 0.382 e. The molecule has 0 heterocycles. The van der Waals surface area contributed by atoms with Gasteiger partial charge in [0, 0.05) is 0 Å². The van der Waals surface area contributed by atoms with Crippen molar-refractivity contribution < 1.29 is 14.9 Å². The zero-order chi connectivity index (χ0) is 4.99. The molecule has 0 aliphatic heterocycles. The van der Waals surface area contributed by atoms with Gasteiger partial charge in [-0.25, -0.2) is 4.79 Å². The standard InChI is InChI=1S/C2H3NO3/c3-1-2(4)6-5/h1,3,5H. The van der Waals surface area contributed by atoms with Gasteiger partial charge in [0.25, 0.3) is 0 Å². The maximum atomic E-state index is 9.47. The van der Waals surface area contributed by atoms with E-state index in [2.05, 4.69) is 4.89 Å². The van der Waals surface area contributed by atoms with E-state index in [-0.39, 0.29) is 0 Å². The number of carbonyl (C=O) groups excluding carboxylic acids is 1. The second-order valence-corrected chi connectivity index (χ2v) is 0.555. The van der Waals surface area contributed by atoms with Crippen LogP contribution >= 0.6 is 0 Å². The van der Waals surface area contributed by atoms with Gasteiger partial charge < -0.3 is 5.41 Å². The maximum absolute atomic E-state index is 9.47. The minimum Gasteiger partial charge on any atom is -0.301 e. The molecule has 0 aromatic heterocycles. The zero-order valence-electron chi connectivity index (χ0n) is 2.84. The summed E-state index contributed by atoms with van der Waals surface area (Å²) in [6.45, 7) is 0. The van der Waals surface area contributed by atoms with E-state index >= 15 is 0 Å². The molecule has 6 heavy (non-hydrogen) atoms. The third kappa shape index (κ3) is 1.42. The number of nitrogens with one attached hydrogen (secondary N) is 1. The van der Waals surface area contributed by atoms with Crippen molar-refractivity contribution in [2.75, 3.05) is 0 Å². The average molecular weight is 89.0 g/mol. The zero-order valence-corrected chi connectivity index (χ0v) is 2.84. The predicted molar refractivity (Wildman–Crippen MR) is 17.5 cm³/mol. The highest BCUT2D eigenvalue weighted by molar-refractivity contribution is 6.21. The first-order valence-corrected chi connectivity index (χ1v) is 1.17. The van der Waals surface area contributed by atoms with Gasteiger partial charge >= 0.3 is 5.97 Å². The Morgan fingerprint density at radius 2 is 2.50 bits per heavy atom. The molecule has 0 spiro atoms.